The van der Waals surface area contributed by atoms with Crippen molar-refractivity contribution < 1.29 is 4.79 Å². The number of carbonyl (C=O) groups is 1. The summed E-state index contributed by atoms with van der Waals surface area (Å²) in [5.74, 6) is 0.233. The summed E-state index contributed by atoms with van der Waals surface area (Å²) < 4.78 is 1.68. The highest BCUT2D eigenvalue weighted by Crippen LogP contribution is 2.17. The molecule has 0 fully saturated rings. The second-order valence-electron chi connectivity index (χ2n) is 5.80. The van der Waals surface area contributed by atoms with Gasteiger partial charge in [-0.3, -0.25) is 14.3 Å². The van der Waals surface area contributed by atoms with E-state index in [1.807, 2.05) is 50.5 Å². The van der Waals surface area contributed by atoms with Crippen LogP contribution in [0.2, 0.25) is 0 Å². The third-order valence-electron chi connectivity index (χ3n) is 3.79. The molecule has 2 aromatic heterocycles. The van der Waals surface area contributed by atoms with Gasteiger partial charge < -0.3 is 10.3 Å². The Kier molecular flexibility index (Phi) is 5.52. The second-order valence-corrected chi connectivity index (χ2v) is 6.77. The van der Waals surface area contributed by atoms with E-state index in [0.29, 0.717) is 17.5 Å². The number of rotatable bonds is 6. The molecule has 7 nitrogen and oxygen atoms in total. The molecule has 8 heteroatoms. The predicted molar refractivity (Wildman–Crippen MR) is 100.0 cm³/mol. The second kappa shape index (κ2) is 8.01. The van der Waals surface area contributed by atoms with Crippen molar-refractivity contribution in [3.63, 3.8) is 0 Å². The first-order valence-electron chi connectivity index (χ1n) is 8.06. The summed E-state index contributed by atoms with van der Waals surface area (Å²) in [6.07, 6.45) is 3.15. The Balaban J connectivity index is 1.62. The lowest BCUT2D eigenvalue weighted by molar-refractivity contribution is 0.0948. The molecular weight excluding hydrogens is 350 g/mol. The maximum Gasteiger partial charge on any atom is 0.264 e. The number of hydrogen-bond donors (Lipinski definition) is 2. The fraction of sp³-hybridized carbons (Fsp3) is 0.222. The molecule has 0 atom stereocenters. The highest BCUT2D eigenvalue weighted by Gasteiger charge is 2.13. The first kappa shape index (κ1) is 17.9. The Bertz CT molecular complexity index is 965. The molecular formula is C18H19N5O2S. The molecule has 1 aromatic carbocycles. The molecule has 0 radical (unpaired) electrons. The molecule has 2 N–H and O–H groups in total. The molecule has 26 heavy (non-hydrogen) atoms. The van der Waals surface area contributed by atoms with Crippen molar-refractivity contribution in [1.82, 2.24) is 25.1 Å². The van der Waals surface area contributed by atoms with E-state index in [2.05, 4.69) is 20.4 Å². The first-order chi connectivity index (χ1) is 12.5. The number of hydrogen-bond acceptors (Lipinski definition) is 5. The summed E-state index contributed by atoms with van der Waals surface area (Å²) in [5, 5.41) is 7.43. The van der Waals surface area contributed by atoms with E-state index in [9.17, 15) is 9.59 Å². The van der Waals surface area contributed by atoms with Crippen LogP contribution in [-0.4, -0.2) is 25.7 Å². The van der Waals surface area contributed by atoms with Gasteiger partial charge in [0.25, 0.3) is 11.5 Å². The summed E-state index contributed by atoms with van der Waals surface area (Å²) in [5.41, 5.74) is 2.42. The molecule has 134 valence electrons. The van der Waals surface area contributed by atoms with Crippen LogP contribution >= 0.6 is 11.8 Å². The number of carbonyl (C=O) groups excluding carboxylic acids is 1. The Labute approximate surface area is 154 Å². The van der Waals surface area contributed by atoms with E-state index in [0.717, 1.165) is 16.8 Å². The normalized spacial score (nSPS) is 10.7. The van der Waals surface area contributed by atoms with Crippen molar-refractivity contribution in [3.05, 3.63) is 75.5 Å². The molecule has 0 aliphatic heterocycles. The maximum absolute atomic E-state index is 12.2. The van der Waals surface area contributed by atoms with Gasteiger partial charge >= 0.3 is 0 Å². The minimum Gasteiger partial charge on any atom is -0.348 e. The Hall–Kier alpha value is -2.87. The van der Waals surface area contributed by atoms with Crippen LogP contribution in [0.5, 0.6) is 0 Å². The minimum atomic E-state index is -0.457. The molecule has 3 rings (SSSR count). The van der Waals surface area contributed by atoms with E-state index in [-0.39, 0.29) is 5.56 Å². The Morgan fingerprint density at radius 3 is 2.73 bits per heavy atom. The number of benzene rings is 1. The summed E-state index contributed by atoms with van der Waals surface area (Å²) in [6.45, 7) is 2.18. The van der Waals surface area contributed by atoms with Gasteiger partial charge in [0.15, 0.2) is 5.16 Å². The van der Waals surface area contributed by atoms with Gasteiger partial charge in [0, 0.05) is 37.3 Å². The SMILES string of the molecule is Cc1nn(C)cc1CNC(=O)c1cnc(SCc2ccccc2)[nH]c1=O. The molecule has 0 saturated carbocycles. The molecule has 2 heterocycles. The van der Waals surface area contributed by atoms with Gasteiger partial charge in [-0.15, -0.1) is 0 Å². The van der Waals surface area contributed by atoms with Gasteiger partial charge in [-0.2, -0.15) is 5.10 Å². The third-order valence-corrected chi connectivity index (χ3v) is 4.75. The molecule has 0 aliphatic rings. The zero-order chi connectivity index (χ0) is 18.5. The van der Waals surface area contributed by atoms with Crippen LogP contribution in [0.4, 0.5) is 0 Å². The quantitative estimate of drug-likeness (QED) is 0.512. The summed E-state index contributed by atoms with van der Waals surface area (Å²) in [7, 11) is 1.82. The number of nitrogens with one attached hydrogen (secondary N) is 2. The molecule has 3 aromatic rings. The van der Waals surface area contributed by atoms with Gasteiger partial charge in [-0.05, 0) is 12.5 Å². The number of aryl methyl sites for hydroxylation is 2. The maximum atomic E-state index is 12.2. The standard InChI is InChI=1S/C18H19N5O2S/c1-12-14(10-23(2)22-12)8-19-16(24)15-9-20-18(21-17(15)25)26-11-13-6-4-3-5-7-13/h3-7,9-10H,8,11H2,1-2H3,(H,19,24)(H,20,21,25). The molecule has 0 saturated heterocycles. The zero-order valence-corrected chi connectivity index (χ0v) is 15.3. The number of aromatic amines is 1. The lowest BCUT2D eigenvalue weighted by atomic mass is 10.2. The van der Waals surface area contributed by atoms with E-state index in [4.69, 9.17) is 0 Å². The van der Waals surface area contributed by atoms with Crippen molar-refractivity contribution >= 4 is 17.7 Å². The van der Waals surface area contributed by atoms with Crippen LogP contribution in [0.1, 0.15) is 27.2 Å². The number of thioether (sulfide) groups is 1. The van der Waals surface area contributed by atoms with Gasteiger partial charge in [0.05, 0.1) is 5.69 Å². The summed E-state index contributed by atoms with van der Waals surface area (Å²) >= 11 is 1.41. The van der Waals surface area contributed by atoms with Crippen molar-refractivity contribution in [1.29, 1.82) is 0 Å². The molecule has 0 bridgehead atoms. The van der Waals surface area contributed by atoms with Crippen LogP contribution in [0, 0.1) is 6.92 Å². The first-order valence-corrected chi connectivity index (χ1v) is 9.05. The molecule has 1 amide bonds. The van der Waals surface area contributed by atoms with Crippen molar-refractivity contribution in [3.8, 4) is 0 Å². The van der Waals surface area contributed by atoms with E-state index < -0.39 is 11.5 Å². The monoisotopic (exact) mass is 369 g/mol. The van der Waals surface area contributed by atoms with Gasteiger partial charge in [-0.1, -0.05) is 42.1 Å². The third kappa shape index (κ3) is 4.40. The number of H-pyrrole nitrogens is 1. The number of amides is 1. The minimum absolute atomic E-state index is 0.00407. The van der Waals surface area contributed by atoms with E-state index in [1.165, 1.54) is 18.0 Å². The molecule has 0 spiro atoms. The van der Waals surface area contributed by atoms with Crippen LogP contribution in [-0.2, 0) is 19.3 Å². The smallest absolute Gasteiger partial charge is 0.264 e. The van der Waals surface area contributed by atoms with Crippen molar-refractivity contribution in [2.45, 2.75) is 24.4 Å². The zero-order valence-electron chi connectivity index (χ0n) is 14.5. The molecule has 0 unspecified atom stereocenters. The molecule has 0 aliphatic carbocycles. The van der Waals surface area contributed by atoms with Crippen molar-refractivity contribution in [2.24, 2.45) is 7.05 Å². The fourth-order valence-electron chi connectivity index (χ4n) is 2.43. The van der Waals surface area contributed by atoms with Gasteiger partial charge in [-0.25, -0.2) is 4.98 Å². The van der Waals surface area contributed by atoms with Crippen LogP contribution in [0.25, 0.3) is 0 Å². The van der Waals surface area contributed by atoms with E-state index in [1.54, 1.807) is 4.68 Å². The highest BCUT2D eigenvalue weighted by molar-refractivity contribution is 7.98. The largest absolute Gasteiger partial charge is 0.348 e. The Morgan fingerprint density at radius 1 is 1.31 bits per heavy atom. The summed E-state index contributed by atoms with van der Waals surface area (Å²) in [4.78, 5) is 31.3. The predicted octanol–water partition coefficient (Wildman–Crippen LogP) is 2.03. The van der Waals surface area contributed by atoms with Crippen LogP contribution in [0.3, 0.4) is 0 Å². The number of aromatic nitrogens is 4. The van der Waals surface area contributed by atoms with Gasteiger partial charge in [0.2, 0.25) is 0 Å². The Morgan fingerprint density at radius 2 is 2.08 bits per heavy atom. The number of nitrogens with zero attached hydrogens (tertiary/aromatic N) is 3. The lowest BCUT2D eigenvalue weighted by Crippen LogP contribution is -2.29. The topological polar surface area (TPSA) is 92.7 Å². The van der Waals surface area contributed by atoms with Crippen molar-refractivity contribution in [2.75, 3.05) is 0 Å². The van der Waals surface area contributed by atoms with Crippen LogP contribution in [0.15, 0.2) is 52.7 Å². The fourth-order valence-corrected chi connectivity index (χ4v) is 3.22. The summed E-state index contributed by atoms with van der Waals surface area (Å²) in [6, 6.07) is 9.89. The van der Waals surface area contributed by atoms with E-state index >= 15 is 0 Å². The van der Waals surface area contributed by atoms with Gasteiger partial charge in [0.1, 0.15) is 5.56 Å². The average molecular weight is 369 g/mol. The average Bonchev–Trinajstić information content (AvgIpc) is 2.96. The lowest BCUT2D eigenvalue weighted by Gasteiger charge is -2.05. The highest BCUT2D eigenvalue weighted by atomic mass is 32.2. The van der Waals surface area contributed by atoms with Crippen LogP contribution < -0.4 is 10.9 Å².